The van der Waals surface area contributed by atoms with Gasteiger partial charge in [0.15, 0.2) is 0 Å². The quantitative estimate of drug-likeness (QED) is 0.393. The molecule has 4 aromatic rings. The maximum atomic E-state index is 12.8. The molecule has 3 aromatic carbocycles. The van der Waals surface area contributed by atoms with Crippen LogP contribution in [-0.2, 0) is 0 Å². The molecule has 1 N–H and O–H groups in total. The second-order valence-corrected chi connectivity index (χ2v) is 6.64. The summed E-state index contributed by atoms with van der Waals surface area (Å²) in [5, 5.41) is 13.3. The summed E-state index contributed by atoms with van der Waals surface area (Å²) in [6.07, 6.45) is 0. The topological polar surface area (TPSA) is 69.0 Å². The first-order valence-corrected chi connectivity index (χ1v) is 8.76. The predicted octanol–water partition coefficient (Wildman–Crippen LogP) is 4.93. The van der Waals surface area contributed by atoms with Crippen LogP contribution in [0.1, 0.15) is 0 Å². The summed E-state index contributed by atoms with van der Waals surface area (Å²) in [6.45, 7) is 0. The van der Waals surface area contributed by atoms with Crippen LogP contribution in [-0.4, -0.2) is 4.98 Å². The molecule has 0 amide bonds. The molecule has 0 saturated carbocycles. The smallest absolute Gasteiger partial charge is 0.322 e. The normalized spacial score (nSPS) is 10.9. The number of hydrogen-bond acceptors (Lipinski definition) is 3. The van der Waals surface area contributed by atoms with Crippen LogP contribution in [0.4, 0.5) is 0 Å². The molecule has 0 unspecified atom stereocenters. The maximum absolute atomic E-state index is 12.8. The van der Waals surface area contributed by atoms with Crippen molar-refractivity contribution < 1.29 is 9.47 Å². The monoisotopic (exact) mass is 398 g/mol. The minimum atomic E-state index is -0.534. The van der Waals surface area contributed by atoms with Crippen LogP contribution in [0.25, 0.3) is 22.3 Å². The molecule has 0 aliphatic heterocycles. The molecule has 1 heterocycles. The fraction of sp³-hybridized carbons (Fsp3) is 0. The fourth-order valence-electron chi connectivity index (χ4n) is 2.78. The average Bonchev–Trinajstić information content (AvgIpc) is 2.65. The summed E-state index contributed by atoms with van der Waals surface area (Å²) >= 11 is 12.0. The van der Waals surface area contributed by atoms with Gasteiger partial charge in [0.25, 0.3) is 5.69 Å². The van der Waals surface area contributed by atoms with Crippen LogP contribution in [0.3, 0.4) is 0 Å². The molecule has 4 rings (SSSR count). The van der Waals surface area contributed by atoms with Gasteiger partial charge < -0.3 is 14.9 Å². The van der Waals surface area contributed by atoms with Gasteiger partial charge in [0.2, 0.25) is 5.52 Å². The van der Waals surface area contributed by atoms with Crippen molar-refractivity contribution in [2.24, 2.45) is 0 Å². The Balaban J connectivity index is 1.84. The van der Waals surface area contributed by atoms with Crippen molar-refractivity contribution in [2.75, 3.05) is 0 Å². The number of aromatic amines is 1. The molecule has 0 aliphatic rings. The Labute approximate surface area is 164 Å². The van der Waals surface area contributed by atoms with Gasteiger partial charge in [-0.15, -0.1) is 0 Å². The molecular formula is C20H12Cl2N2O3. The first-order valence-electron chi connectivity index (χ1n) is 8.01. The minimum absolute atomic E-state index is 0.0561. The third-order valence-corrected chi connectivity index (χ3v) is 4.73. The van der Waals surface area contributed by atoms with Crippen molar-refractivity contribution in [3.63, 3.8) is 0 Å². The molecule has 134 valence electrons. The summed E-state index contributed by atoms with van der Waals surface area (Å²) in [5.41, 5.74) is 0.359. The molecular weight excluding hydrogens is 387 g/mol. The molecule has 0 atom stereocenters. The van der Waals surface area contributed by atoms with Crippen molar-refractivity contribution in [1.82, 2.24) is 4.98 Å². The maximum Gasteiger partial charge on any atom is 0.322 e. The Hall–Kier alpha value is -3.02. The summed E-state index contributed by atoms with van der Waals surface area (Å²) < 4.78 is 6.33. The van der Waals surface area contributed by atoms with Gasteiger partial charge in [-0.1, -0.05) is 47.5 Å². The van der Waals surface area contributed by atoms with Crippen molar-refractivity contribution in [1.29, 1.82) is 0 Å². The van der Waals surface area contributed by atoms with Gasteiger partial charge in [-0.05, 0) is 36.4 Å². The van der Waals surface area contributed by atoms with Gasteiger partial charge in [0.1, 0.15) is 17.0 Å². The lowest BCUT2D eigenvalue weighted by Gasteiger charge is -2.10. The number of nitrogens with zero attached hydrogens (tertiary/aromatic N) is 1. The van der Waals surface area contributed by atoms with Crippen molar-refractivity contribution in [2.45, 2.75) is 0 Å². The van der Waals surface area contributed by atoms with Gasteiger partial charge in [0.05, 0.1) is 15.6 Å². The standard InChI is InChI=1S/C20H12Cl2N2O3/c21-15-10-17-18(11-16(15)22)24(26)19(20(25)23-17)12-5-4-8-14(9-12)27-13-6-2-1-3-7-13/h1-11H,(H,23,25). The Kier molecular flexibility index (Phi) is 4.48. The van der Waals surface area contributed by atoms with Crippen LogP contribution in [0.5, 0.6) is 11.5 Å². The SMILES string of the molecule is O=c1[nH]c2cc(Cl)c(Cl)cc2[n+]([O-])c1-c1cccc(Oc2ccccc2)c1. The third kappa shape index (κ3) is 3.35. The molecule has 0 aliphatic carbocycles. The number of halogens is 2. The molecule has 0 fully saturated rings. The predicted molar refractivity (Wildman–Crippen MR) is 106 cm³/mol. The zero-order chi connectivity index (χ0) is 19.0. The Morgan fingerprint density at radius 1 is 0.889 bits per heavy atom. The molecule has 5 nitrogen and oxygen atoms in total. The zero-order valence-electron chi connectivity index (χ0n) is 13.8. The zero-order valence-corrected chi connectivity index (χ0v) is 15.3. The van der Waals surface area contributed by atoms with Crippen LogP contribution >= 0.6 is 23.2 Å². The minimum Gasteiger partial charge on any atom is -0.618 e. The largest absolute Gasteiger partial charge is 0.618 e. The van der Waals surface area contributed by atoms with E-state index in [0.29, 0.717) is 27.3 Å². The second-order valence-electron chi connectivity index (χ2n) is 5.82. The van der Waals surface area contributed by atoms with E-state index in [1.54, 1.807) is 24.3 Å². The Morgan fingerprint density at radius 3 is 2.37 bits per heavy atom. The number of fused-ring (bicyclic) bond motifs is 1. The molecule has 1 aromatic heterocycles. The first-order chi connectivity index (χ1) is 13.0. The van der Waals surface area contributed by atoms with E-state index in [-0.39, 0.29) is 21.3 Å². The van der Waals surface area contributed by atoms with E-state index >= 15 is 0 Å². The van der Waals surface area contributed by atoms with E-state index < -0.39 is 5.56 Å². The summed E-state index contributed by atoms with van der Waals surface area (Å²) in [6, 6.07) is 18.9. The van der Waals surface area contributed by atoms with Crippen molar-refractivity contribution >= 4 is 34.2 Å². The molecule has 0 saturated heterocycles. The lowest BCUT2D eigenvalue weighted by Crippen LogP contribution is -2.37. The lowest BCUT2D eigenvalue weighted by molar-refractivity contribution is -0.566. The van der Waals surface area contributed by atoms with E-state index in [2.05, 4.69) is 4.98 Å². The first kappa shape index (κ1) is 17.4. The van der Waals surface area contributed by atoms with Crippen molar-refractivity contribution in [3.05, 3.63) is 92.3 Å². The third-order valence-electron chi connectivity index (χ3n) is 4.01. The van der Waals surface area contributed by atoms with Crippen LogP contribution in [0.2, 0.25) is 10.0 Å². The summed E-state index contributed by atoms with van der Waals surface area (Å²) in [5.74, 6) is 1.16. The Morgan fingerprint density at radius 2 is 1.59 bits per heavy atom. The number of nitrogens with one attached hydrogen (secondary N) is 1. The van der Waals surface area contributed by atoms with E-state index in [9.17, 15) is 10.0 Å². The van der Waals surface area contributed by atoms with E-state index in [4.69, 9.17) is 27.9 Å². The van der Waals surface area contributed by atoms with E-state index in [0.717, 1.165) is 0 Å². The number of rotatable bonds is 3. The van der Waals surface area contributed by atoms with Crippen molar-refractivity contribution in [3.8, 4) is 22.8 Å². The van der Waals surface area contributed by atoms with Crippen LogP contribution < -0.4 is 15.0 Å². The van der Waals surface area contributed by atoms with Gasteiger partial charge in [-0.25, -0.2) is 0 Å². The molecule has 0 spiro atoms. The van der Waals surface area contributed by atoms with E-state index in [1.165, 1.54) is 12.1 Å². The van der Waals surface area contributed by atoms with Crippen LogP contribution in [0.15, 0.2) is 71.5 Å². The Bertz CT molecular complexity index is 1210. The number of H-pyrrole nitrogens is 1. The molecule has 0 bridgehead atoms. The van der Waals surface area contributed by atoms with Gasteiger partial charge >= 0.3 is 5.56 Å². The number of ether oxygens (including phenoxy) is 1. The molecule has 0 radical (unpaired) electrons. The highest BCUT2D eigenvalue weighted by atomic mass is 35.5. The van der Waals surface area contributed by atoms with Gasteiger partial charge in [0, 0.05) is 6.07 Å². The van der Waals surface area contributed by atoms with Crippen LogP contribution in [0, 0.1) is 5.21 Å². The number of hydrogen-bond donors (Lipinski definition) is 1. The second kappa shape index (κ2) is 6.95. The summed E-state index contributed by atoms with van der Waals surface area (Å²) in [4.78, 5) is 15.2. The highest BCUT2D eigenvalue weighted by molar-refractivity contribution is 6.42. The average molecular weight is 399 g/mol. The highest BCUT2D eigenvalue weighted by Gasteiger charge is 2.20. The molecule has 7 heteroatoms. The molecule has 27 heavy (non-hydrogen) atoms. The van der Waals surface area contributed by atoms with Gasteiger partial charge in [-0.3, -0.25) is 4.79 Å². The van der Waals surface area contributed by atoms with Gasteiger partial charge in [-0.2, -0.15) is 4.73 Å². The highest BCUT2D eigenvalue weighted by Crippen LogP contribution is 2.27. The van der Waals surface area contributed by atoms with E-state index in [1.807, 2.05) is 30.3 Å². The number of benzene rings is 3. The fourth-order valence-corrected chi connectivity index (χ4v) is 3.10. The summed E-state index contributed by atoms with van der Waals surface area (Å²) in [7, 11) is 0. The number of para-hydroxylation sites is 1. The lowest BCUT2D eigenvalue weighted by atomic mass is 10.1. The number of aromatic nitrogens is 2.